The summed E-state index contributed by atoms with van der Waals surface area (Å²) in [5, 5.41) is 7.20. The third-order valence-electron chi connectivity index (χ3n) is 3.38. The summed E-state index contributed by atoms with van der Waals surface area (Å²) in [5.41, 5.74) is -0.377. The maximum Gasteiger partial charge on any atom is 0.167 e. The van der Waals surface area contributed by atoms with Crippen LogP contribution in [-0.4, -0.2) is 16.7 Å². The Kier molecular flexibility index (Phi) is 2.94. The van der Waals surface area contributed by atoms with Crippen LogP contribution < -0.4 is 10.6 Å². The van der Waals surface area contributed by atoms with E-state index in [1.54, 1.807) is 0 Å². The molecule has 0 amide bonds. The minimum absolute atomic E-state index is 0.377. The van der Waals surface area contributed by atoms with Crippen LogP contribution in [0.5, 0.6) is 0 Å². The fraction of sp³-hybridized carbons (Fsp3) is 0.615. The molecule has 16 heavy (non-hydrogen) atoms. The number of nitrogens with one attached hydrogen (secondary N) is 2. The molecule has 1 saturated carbocycles. The molecule has 0 radical (unpaired) electrons. The van der Waals surface area contributed by atoms with E-state index in [1.807, 2.05) is 13.8 Å². The van der Waals surface area contributed by atoms with E-state index in [-0.39, 0.29) is 5.54 Å². The van der Waals surface area contributed by atoms with Crippen molar-refractivity contribution in [1.29, 1.82) is 0 Å². The van der Waals surface area contributed by atoms with E-state index in [4.69, 9.17) is 18.6 Å². The van der Waals surface area contributed by atoms with Crippen molar-refractivity contribution in [3.05, 3.63) is 12.2 Å². The lowest BCUT2D eigenvalue weighted by molar-refractivity contribution is 0.505. The van der Waals surface area contributed by atoms with Crippen molar-refractivity contribution < 1.29 is 0 Å². The highest BCUT2D eigenvalue weighted by molar-refractivity contribution is 7.80. The molecule has 0 aromatic rings. The summed E-state index contributed by atoms with van der Waals surface area (Å²) >= 11 is 5.28. The molecule has 0 aromatic carbocycles. The molecule has 0 aromatic heterocycles. The Morgan fingerprint density at radius 3 is 2.69 bits per heavy atom. The Hall–Kier alpha value is -1.01. The minimum Gasteiger partial charge on any atom is -0.359 e. The number of hydrogen-bond acceptors (Lipinski definition) is 1. The van der Waals surface area contributed by atoms with Crippen LogP contribution in [0, 0.1) is 24.2 Å². The third-order valence-corrected chi connectivity index (χ3v) is 3.60. The fourth-order valence-corrected chi connectivity index (χ4v) is 2.88. The summed E-state index contributed by atoms with van der Waals surface area (Å²) < 4.78 is 0. The first-order valence-corrected chi connectivity index (χ1v) is 6.16. The largest absolute Gasteiger partial charge is 0.359 e. The van der Waals surface area contributed by atoms with Crippen LogP contribution in [0.15, 0.2) is 12.2 Å². The molecule has 2 rings (SSSR count). The fourth-order valence-electron chi connectivity index (χ4n) is 2.47. The highest BCUT2D eigenvalue weighted by Crippen LogP contribution is 2.38. The lowest BCUT2D eigenvalue weighted by Gasteiger charge is -2.26. The molecule has 3 heteroatoms. The smallest absolute Gasteiger partial charge is 0.167 e. The van der Waals surface area contributed by atoms with Crippen molar-refractivity contribution in [2.24, 2.45) is 11.8 Å². The minimum atomic E-state index is -0.377. The van der Waals surface area contributed by atoms with Gasteiger partial charge in [-0.3, -0.25) is 0 Å². The van der Waals surface area contributed by atoms with E-state index in [0.29, 0.717) is 17.1 Å². The van der Waals surface area contributed by atoms with Gasteiger partial charge in [-0.25, -0.2) is 0 Å². The summed E-state index contributed by atoms with van der Waals surface area (Å²) in [4.78, 5) is 0. The molecule has 2 aliphatic rings. The van der Waals surface area contributed by atoms with Crippen molar-refractivity contribution >= 4 is 17.3 Å². The molecule has 3 atom stereocenters. The summed E-state index contributed by atoms with van der Waals surface area (Å²) in [6.45, 7) is 3.89. The Bertz CT molecular complexity index is 365. The molecule has 0 spiro atoms. The molecule has 0 heterocycles. The van der Waals surface area contributed by atoms with Crippen LogP contribution in [-0.2, 0) is 0 Å². The zero-order valence-electron chi connectivity index (χ0n) is 9.79. The molecule has 0 saturated heterocycles. The number of allylic oxidation sites excluding steroid dienone is 1. The van der Waals surface area contributed by atoms with E-state index >= 15 is 0 Å². The predicted molar refractivity (Wildman–Crippen MR) is 70.9 cm³/mol. The predicted octanol–water partition coefficient (Wildman–Crippen LogP) is 1.83. The van der Waals surface area contributed by atoms with Gasteiger partial charge in [-0.1, -0.05) is 18.1 Å². The molecule has 2 aliphatic carbocycles. The number of rotatable bonds is 2. The second-order valence-electron chi connectivity index (χ2n) is 5.25. The highest BCUT2D eigenvalue weighted by atomic mass is 32.1. The van der Waals surface area contributed by atoms with Gasteiger partial charge in [-0.15, -0.1) is 6.42 Å². The van der Waals surface area contributed by atoms with E-state index < -0.39 is 0 Å². The first-order valence-electron chi connectivity index (χ1n) is 5.75. The second kappa shape index (κ2) is 4.10. The maximum atomic E-state index is 5.41. The lowest BCUT2D eigenvalue weighted by Crippen LogP contribution is -2.51. The van der Waals surface area contributed by atoms with Gasteiger partial charge in [0.1, 0.15) is 0 Å². The number of fused-ring (bicyclic) bond motifs is 2. The van der Waals surface area contributed by atoms with Gasteiger partial charge in [0.25, 0.3) is 0 Å². The number of hydrogen-bond donors (Lipinski definition) is 2. The van der Waals surface area contributed by atoms with Gasteiger partial charge in [0.05, 0.1) is 5.54 Å². The van der Waals surface area contributed by atoms with Gasteiger partial charge in [-0.2, -0.15) is 0 Å². The van der Waals surface area contributed by atoms with Crippen LogP contribution in [0.3, 0.4) is 0 Å². The Morgan fingerprint density at radius 1 is 1.44 bits per heavy atom. The number of thiocarbonyl (C=S) groups is 1. The van der Waals surface area contributed by atoms with Gasteiger partial charge in [0, 0.05) is 6.04 Å². The highest BCUT2D eigenvalue weighted by Gasteiger charge is 2.36. The van der Waals surface area contributed by atoms with E-state index in [9.17, 15) is 0 Å². The van der Waals surface area contributed by atoms with Crippen LogP contribution in [0.2, 0.25) is 0 Å². The molecule has 86 valence electrons. The summed E-state index contributed by atoms with van der Waals surface area (Å²) in [6.07, 6.45) is 12.5. The van der Waals surface area contributed by atoms with Crippen molar-refractivity contribution in [1.82, 2.24) is 10.6 Å². The molecule has 0 aliphatic heterocycles. The van der Waals surface area contributed by atoms with Crippen LogP contribution >= 0.6 is 12.2 Å². The van der Waals surface area contributed by atoms with Crippen LogP contribution in [0.4, 0.5) is 0 Å². The summed E-state index contributed by atoms with van der Waals surface area (Å²) in [5.74, 6) is 4.09. The zero-order valence-corrected chi connectivity index (χ0v) is 10.6. The quantitative estimate of drug-likeness (QED) is 0.433. The van der Waals surface area contributed by atoms with Crippen LogP contribution in [0.25, 0.3) is 0 Å². The summed E-state index contributed by atoms with van der Waals surface area (Å²) in [7, 11) is 0. The normalized spacial score (nSPS) is 31.2. The molecule has 2 nitrogen and oxygen atoms in total. The maximum absolute atomic E-state index is 5.41. The monoisotopic (exact) mass is 234 g/mol. The van der Waals surface area contributed by atoms with E-state index in [0.717, 1.165) is 5.92 Å². The first kappa shape index (κ1) is 11.5. The van der Waals surface area contributed by atoms with Crippen molar-refractivity contribution in [2.45, 2.75) is 38.3 Å². The van der Waals surface area contributed by atoms with Crippen LogP contribution in [0.1, 0.15) is 26.7 Å². The van der Waals surface area contributed by atoms with Gasteiger partial charge < -0.3 is 10.6 Å². The average Bonchev–Trinajstić information content (AvgIpc) is 2.78. The SMILES string of the molecule is C#CC(C)(C)NC(=S)N[C@@H]1C[C@H]2C=C[C@@H]1C2. The van der Waals surface area contributed by atoms with Gasteiger partial charge in [0.2, 0.25) is 0 Å². The van der Waals surface area contributed by atoms with Crippen molar-refractivity contribution in [3.63, 3.8) is 0 Å². The molecule has 2 N–H and O–H groups in total. The lowest BCUT2D eigenvalue weighted by atomic mass is 10.0. The standard InChI is InChI=1S/C13H18N2S/c1-4-13(2,3)15-12(16)14-11-8-9-5-6-10(11)7-9/h1,5-6,9-11H,7-8H2,2-3H3,(H2,14,15,16)/t9-,10+,11+/m0/s1. The molecular formula is C13H18N2S. The van der Waals surface area contributed by atoms with Crippen molar-refractivity contribution in [3.8, 4) is 12.3 Å². The van der Waals surface area contributed by atoms with Gasteiger partial charge >= 0.3 is 0 Å². The third kappa shape index (κ3) is 2.38. The van der Waals surface area contributed by atoms with E-state index in [1.165, 1.54) is 12.8 Å². The Morgan fingerprint density at radius 2 is 2.19 bits per heavy atom. The van der Waals surface area contributed by atoms with Crippen molar-refractivity contribution in [2.75, 3.05) is 0 Å². The van der Waals surface area contributed by atoms with Gasteiger partial charge in [-0.05, 0) is 50.7 Å². The Labute approximate surface area is 103 Å². The van der Waals surface area contributed by atoms with E-state index in [2.05, 4.69) is 28.7 Å². The van der Waals surface area contributed by atoms with Gasteiger partial charge in [0.15, 0.2) is 5.11 Å². The molecule has 1 fully saturated rings. The average molecular weight is 234 g/mol. The topological polar surface area (TPSA) is 24.1 Å². The number of terminal acetylenes is 1. The summed E-state index contributed by atoms with van der Waals surface area (Å²) in [6, 6.07) is 0.489. The second-order valence-corrected chi connectivity index (χ2v) is 5.66. The zero-order chi connectivity index (χ0) is 11.8. The Balaban J connectivity index is 1.85. The molecule has 0 unspecified atom stereocenters. The molecular weight excluding hydrogens is 216 g/mol. The molecule has 2 bridgehead atoms. The first-order chi connectivity index (χ1) is 7.50.